The molecule has 2 heterocycles. The molecule has 2 aliphatic rings. The first-order chi connectivity index (χ1) is 14.1. The van der Waals surface area contributed by atoms with Gasteiger partial charge in [0.1, 0.15) is 0 Å². The molecule has 1 N–H and O–H groups in total. The SMILES string of the molecule is CCc1nn(CCCOC(=O)C2=CC=C(C)C2)c2c1C(=O)NCCCOCCC2. The lowest BCUT2D eigenvalue weighted by atomic mass is 10.1. The minimum absolute atomic E-state index is 0.0486. The molecule has 0 saturated carbocycles. The summed E-state index contributed by atoms with van der Waals surface area (Å²) in [6.07, 6.45) is 8.21. The van der Waals surface area contributed by atoms with Crippen molar-refractivity contribution in [3.05, 3.63) is 40.2 Å². The van der Waals surface area contributed by atoms with Gasteiger partial charge in [0.05, 0.1) is 23.6 Å². The highest BCUT2D eigenvalue weighted by Gasteiger charge is 2.23. The molecular formula is C22H31N3O4. The normalized spacial score (nSPS) is 17.7. The van der Waals surface area contributed by atoms with E-state index in [1.54, 1.807) is 0 Å². The van der Waals surface area contributed by atoms with Crippen LogP contribution in [0, 0.1) is 0 Å². The molecule has 0 atom stereocenters. The fourth-order valence-corrected chi connectivity index (χ4v) is 3.68. The van der Waals surface area contributed by atoms with Gasteiger partial charge in [-0.1, -0.05) is 24.6 Å². The monoisotopic (exact) mass is 401 g/mol. The molecule has 0 aromatic carbocycles. The van der Waals surface area contributed by atoms with E-state index in [1.807, 2.05) is 30.7 Å². The number of amides is 1. The Bertz CT molecular complexity index is 807. The summed E-state index contributed by atoms with van der Waals surface area (Å²) in [5.41, 5.74) is 4.37. The van der Waals surface area contributed by atoms with Crippen molar-refractivity contribution in [2.45, 2.75) is 58.9 Å². The Balaban J connectivity index is 1.62. The molecule has 1 aromatic rings. The van der Waals surface area contributed by atoms with E-state index < -0.39 is 0 Å². The molecule has 1 aromatic heterocycles. The van der Waals surface area contributed by atoms with Gasteiger partial charge in [0.15, 0.2) is 0 Å². The molecular weight excluding hydrogens is 370 g/mol. The number of rotatable bonds is 6. The number of hydrogen-bond acceptors (Lipinski definition) is 5. The van der Waals surface area contributed by atoms with Crippen molar-refractivity contribution in [3.8, 4) is 0 Å². The lowest BCUT2D eigenvalue weighted by Crippen LogP contribution is -2.26. The second-order valence-electron chi connectivity index (χ2n) is 7.54. The van der Waals surface area contributed by atoms with Crippen molar-refractivity contribution in [1.29, 1.82) is 0 Å². The van der Waals surface area contributed by atoms with Crippen molar-refractivity contribution in [2.75, 3.05) is 26.4 Å². The zero-order chi connectivity index (χ0) is 20.6. The van der Waals surface area contributed by atoms with Crippen LogP contribution in [0.25, 0.3) is 0 Å². The molecule has 7 heteroatoms. The maximum absolute atomic E-state index is 12.7. The van der Waals surface area contributed by atoms with Crippen LogP contribution in [0.4, 0.5) is 0 Å². The third kappa shape index (κ3) is 5.56. The van der Waals surface area contributed by atoms with Gasteiger partial charge in [-0.05, 0) is 32.6 Å². The zero-order valence-electron chi connectivity index (χ0n) is 17.5. The highest BCUT2D eigenvalue weighted by Crippen LogP contribution is 2.20. The van der Waals surface area contributed by atoms with Gasteiger partial charge in [-0.25, -0.2) is 4.79 Å². The topological polar surface area (TPSA) is 82.5 Å². The molecule has 0 unspecified atom stereocenters. The first kappa shape index (κ1) is 21.3. The van der Waals surface area contributed by atoms with Crippen LogP contribution in [-0.4, -0.2) is 48.0 Å². The van der Waals surface area contributed by atoms with Gasteiger partial charge in [-0.2, -0.15) is 5.10 Å². The maximum Gasteiger partial charge on any atom is 0.334 e. The van der Waals surface area contributed by atoms with E-state index in [4.69, 9.17) is 9.47 Å². The number of fused-ring (bicyclic) bond motifs is 1. The summed E-state index contributed by atoms with van der Waals surface area (Å²) >= 11 is 0. The van der Waals surface area contributed by atoms with Gasteiger partial charge in [-0.15, -0.1) is 0 Å². The van der Waals surface area contributed by atoms with Gasteiger partial charge in [-0.3, -0.25) is 9.48 Å². The van der Waals surface area contributed by atoms with E-state index in [-0.39, 0.29) is 11.9 Å². The Kier molecular flexibility index (Phi) is 7.63. The molecule has 1 aliphatic carbocycles. The highest BCUT2D eigenvalue weighted by molar-refractivity contribution is 5.96. The molecule has 1 aliphatic heterocycles. The van der Waals surface area contributed by atoms with Crippen molar-refractivity contribution < 1.29 is 19.1 Å². The molecule has 0 fully saturated rings. The summed E-state index contributed by atoms with van der Waals surface area (Å²) in [6, 6.07) is 0. The third-order valence-corrected chi connectivity index (χ3v) is 5.19. The fourth-order valence-electron chi connectivity index (χ4n) is 3.68. The van der Waals surface area contributed by atoms with Crippen molar-refractivity contribution >= 4 is 11.9 Å². The summed E-state index contributed by atoms with van der Waals surface area (Å²) in [5, 5.41) is 7.68. The standard InChI is InChI=1S/C22H31N3O4/c1-3-18-20-19(7-4-12-28-13-5-10-23-21(20)26)25(24-18)11-6-14-29-22(27)17-9-8-16(2)15-17/h8-9H,3-7,10-15H2,1-2H3,(H,23,26). The average molecular weight is 402 g/mol. The average Bonchev–Trinajstić information content (AvgIpc) is 3.29. The summed E-state index contributed by atoms with van der Waals surface area (Å²) in [6.45, 7) is 6.91. The van der Waals surface area contributed by atoms with Crippen molar-refractivity contribution in [3.63, 3.8) is 0 Å². The molecule has 0 radical (unpaired) electrons. The smallest absolute Gasteiger partial charge is 0.334 e. The van der Waals surface area contributed by atoms with Gasteiger partial charge in [0.2, 0.25) is 0 Å². The predicted octanol–water partition coefficient (Wildman–Crippen LogP) is 2.74. The third-order valence-electron chi connectivity index (χ3n) is 5.19. The number of carbonyl (C=O) groups is 2. The van der Waals surface area contributed by atoms with Crippen LogP contribution in [-0.2, 0) is 33.7 Å². The number of aryl methyl sites for hydroxylation is 2. The van der Waals surface area contributed by atoms with E-state index in [9.17, 15) is 9.59 Å². The minimum atomic E-state index is -0.247. The number of aromatic nitrogens is 2. The first-order valence-electron chi connectivity index (χ1n) is 10.6. The van der Waals surface area contributed by atoms with Gasteiger partial charge < -0.3 is 14.8 Å². The predicted molar refractivity (Wildman–Crippen MR) is 110 cm³/mol. The second-order valence-corrected chi connectivity index (χ2v) is 7.54. The van der Waals surface area contributed by atoms with E-state index in [0.717, 1.165) is 30.7 Å². The van der Waals surface area contributed by atoms with E-state index in [2.05, 4.69) is 10.4 Å². The van der Waals surface area contributed by atoms with E-state index in [1.165, 1.54) is 5.57 Å². The Morgan fingerprint density at radius 1 is 1.31 bits per heavy atom. The number of esters is 1. The zero-order valence-corrected chi connectivity index (χ0v) is 17.5. The van der Waals surface area contributed by atoms with Crippen LogP contribution in [0.15, 0.2) is 23.3 Å². The lowest BCUT2D eigenvalue weighted by Gasteiger charge is -2.10. The number of ether oxygens (including phenoxy) is 2. The van der Waals surface area contributed by atoms with E-state index in [0.29, 0.717) is 63.3 Å². The van der Waals surface area contributed by atoms with Crippen molar-refractivity contribution in [1.82, 2.24) is 15.1 Å². The molecule has 0 spiro atoms. The molecule has 3 rings (SSSR count). The largest absolute Gasteiger partial charge is 0.462 e. The van der Waals surface area contributed by atoms with Crippen molar-refractivity contribution in [2.24, 2.45) is 0 Å². The molecule has 7 nitrogen and oxygen atoms in total. The van der Waals surface area contributed by atoms with Crippen LogP contribution in [0.3, 0.4) is 0 Å². The fraction of sp³-hybridized carbons (Fsp3) is 0.591. The Morgan fingerprint density at radius 3 is 2.90 bits per heavy atom. The van der Waals surface area contributed by atoms with Crippen LogP contribution in [0.2, 0.25) is 0 Å². The Morgan fingerprint density at radius 2 is 2.14 bits per heavy atom. The first-order valence-corrected chi connectivity index (χ1v) is 10.6. The van der Waals surface area contributed by atoms with E-state index >= 15 is 0 Å². The van der Waals surface area contributed by atoms with Crippen LogP contribution in [0.1, 0.15) is 61.3 Å². The van der Waals surface area contributed by atoms with Gasteiger partial charge >= 0.3 is 5.97 Å². The number of allylic oxidation sites excluding steroid dienone is 3. The summed E-state index contributed by atoms with van der Waals surface area (Å²) in [4.78, 5) is 24.8. The Hall–Kier alpha value is -2.41. The van der Waals surface area contributed by atoms with Crippen LogP contribution >= 0.6 is 0 Å². The maximum atomic E-state index is 12.7. The second kappa shape index (κ2) is 10.4. The number of nitrogens with zero attached hydrogens (tertiary/aromatic N) is 2. The number of carbonyl (C=O) groups excluding carboxylic acids is 2. The number of hydrogen-bond donors (Lipinski definition) is 1. The molecule has 0 saturated heterocycles. The summed E-state index contributed by atoms with van der Waals surface area (Å²) in [5.74, 6) is -0.295. The summed E-state index contributed by atoms with van der Waals surface area (Å²) < 4.78 is 12.9. The van der Waals surface area contributed by atoms with Crippen LogP contribution in [0.5, 0.6) is 0 Å². The van der Waals surface area contributed by atoms with Crippen LogP contribution < -0.4 is 5.32 Å². The molecule has 158 valence electrons. The summed E-state index contributed by atoms with van der Waals surface area (Å²) in [7, 11) is 0. The van der Waals surface area contributed by atoms with Gasteiger partial charge in [0, 0.05) is 44.7 Å². The highest BCUT2D eigenvalue weighted by atomic mass is 16.5. The van der Waals surface area contributed by atoms with Gasteiger partial charge in [0.25, 0.3) is 5.91 Å². The lowest BCUT2D eigenvalue weighted by molar-refractivity contribution is -0.139. The minimum Gasteiger partial charge on any atom is -0.462 e. The number of nitrogens with one attached hydrogen (secondary N) is 1. The Labute approximate surface area is 172 Å². The quantitative estimate of drug-likeness (QED) is 0.585. The molecule has 29 heavy (non-hydrogen) atoms. The molecule has 1 amide bonds. The molecule has 0 bridgehead atoms.